The fourth-order valence-electron chi connectivity index (χ4n) is 0.772. The normalized spacial score (nSPS) is 12.0. The van der Waals surface area contributed by atoms with Crippen LogP contribution in [0.15, 0.2) is 0 Å². The number of halogens is 2. The molecule has 0 heterocycles. The van der Waals surface area contributed by atoms with Gasteiger partial charge in [0.05, 0.1) is 0 Å². The summed E-state index contributed by atoms with van der Waals surface area (Å²) >= 11 is 0. The monoisotopic (exact) mass is 151 g/mol. The SMILES string of the molecule is CCCCC(F)(F)CCN. The molecule has 3 heteroatoms. The van der Waals surface area contributed by atoms with Crippen molar-refractivity contribution >= 4 is 0 Å². The van der Waals surface area contributed by atoms with Crippen molar-refractivity contribution in [3.05, 3.63) is 0 Å². The van der Waals surface area contributed by atoms with E-state index < -0.39 is 5.92 Å². The van der Waals surface area contributed by atoms with Gasteiger partial charge in [-0.2, -0.15) is 0 Å². The van der Waals surface area contributed by atoms with Crippen LogP contribution in [-0.2, 0) is 0 Å². The van der Waals surface area contributed by atoms with Crippen LogP contribution in [0.25, 0.3) is 0 Å². The third-order valence-corrected chi connectivity index (χ3v) is 1.41. The molecule has 0 aliphatic rings. The summed E-state index contributed by atoms with van der Waals surface area (Å²) in [7, 11) is 0. The minimum Gasteiger partial charge on any atom is -0.330 e. The van der Waals surface area contributed by atoms with E-state index in [0.717, 1.165) is 6.42 Å². The second-order valence-electron chi connectivity index (χ2n) is 2.50. The summed E-state index contributed by atoms with van der Waals surface area (Å²) in [6.45, 7) is 1.98. The van der Waals surface area contributed by atoms with Gasteiger partial charge in [0.15, 0.2) is 0 Å². The van der Waals surface area contributed by atoms with E-state index in [2.05, 4.69) is 0 Å². The highest BCUT2D eigenvalue weighted by molar-refractivity contribution is 4.65. The molecule has 0 atom stereocenters. The van der Waals surface area contributed by atoms with Crippen LogP contribution >= 0.6 is 0 Å². The molecule has 0 fully saturated rings. The lowest BCUT2D eigenvalue weighted by Crippen LogP contribution is -2.20. The molecule has 0 saturated carbocycles. The Morgan fingerprint density at radius 2 is 1.90 bits per heavy atom. The lowest BCUT2D eigenvalue weighted by atomic mass is 10.1. The van der Waals surface area contributed by atoms with Crippen molar-refractivity contribution in [3.63, 3.8) is 0 Å². The fraction of sp³-hybridized carbons (Fsp3) is 1.00. The predicted octanol–water partition coefficient (Wildman–Crippen LogP) is 2.16. The van der Waals surface area contributed by atoms with Crippen LogP contribution in [0.3, 0.4) is 0 Å². The predicted molar refractivity (Wildman–Crippen MR) is 38.1 cm³/mol. The minimum atomic E-state index is -2.52. The number of nitrogens with two attached hydrogens (primary N) is 1. The molecule has 0 aromatic heterocycles. The fourth-order valence-corrected chi connectivity index (χ4v) is 0.772. The van der Waals surface area contributed by atoms with Crippen LogP contribution < -0.4 is 5.73 Å². The molecule has 0 spiro atoms. The molecule has 0 aliphatic carbocycles. The summed E-state index contributed by atoms with van der Waals surface area (Å²) in [6, 6.07) is 0. The van der Waals surface area contributed by atoms with Gasteiger partial charge in [0, 0.05) is 12.8 Å². The first kappa shape index (κ1) is 9.82. The smallest absolute Gasteiger partial charge is 0.249 e. The van der Waals surface area contributed by atoms with E-state index in [9.17, 15) is 8.78 Å². The number of alkyl halides is 2. The third kappa shape index (κ3) is 4.68. The Hall–Kier alpha value is -0.180. The van der Waals surface area contributed by atoms with Crippen LogP contribution in [0.2, 0.25) is 0 Å². The van der Waals surface area contributed by atoms with Gasteiger partial charge in [-0.25, -0.2) is 8.78 Å². The van der Waals surface area contributed by atoms with Gasteiger partial charge in [-0.05, 0) is 13.0 Å². The molecule has 0 aliphatic heterocycles. The molecule has 0 amide bonds. The second-order valence-corrected chi connectivity index (χ2v) is 2.50. The Morgan fingerprint density at radius 3 is 2.30 bits per heavy atom. The number of rotatable bonds is 5. The van der Waals surface area contributed by atoms with Crippen LogP contribution in [0.4, 0.5) is 8.78 Å². The van der Waals surface area contributed by atoms with Gasteiger partial charge in [-0.15, -0.1) is 0 Å². The van der Waals surface area contributed by atoms with Crippen molar-refractivity contribution < 1.29 is 8.78 Å². The Morgan fingerprint density at radius 1 is 1.30 bits per heavy atom. The average molecular weight is 151 g/mol. The summed E-state index contributed by atoms with van der Waals surface area (Å²) in [5.41, 5.74) is 5.01. The topological polar surface area (TPSA) is 26.0 Å². The molecule has 0 aromatic rings. The largest absolute Gasteiger partial charge is 0.330 e. The number of hydrogen-bond acceptors (Lipinski definition) is 1. The van der Waals surface area contributed by atoms with Crippen molar-refractivity contribution in [2.24, 2.45) is 5.73 Å². The van der Waals surface area contributed by atoms with Gasteiger partial charge in [0.2, 0.25) is 5.92 Å². The first-order chi connectivity index (χ1) is 4.62. The quantitative estimate of drug-likeness (QED) is 0.640. The zero-order chi connectivity index (χ0) is 8.04. The van der Waals surface area contributed by atoms with Gasteiger partial charge in [-0.1, -0.05) is 13.3 Å². The van der Waals surface area contributed by atoms with Crippen LogP contribution in [0.1, 0.15) is 32.6 Å². The zero-order valence-corrected chi connectivity index (χ0v) is 6.37. The highest BCUT2D eigenvalue weighted by Gasteiger charge is 2.26. The van der Waals surface area contributed by atoms with E-state index in [0.29, 0.717) is 6.42 Å². The molecule has 0 saturated heterocycles. The maximum absolute atomic E-state index is 12.5. The molecule has 1 nitrogen and oxygen atoms in total. The Bertz CT molecular complexity index is 83.7. The van der Waals surface area contributed by atoms with E-state index in [1.165, 1.54) is 0 Å². The lowest BCUT2D eigenvalue weighted by molar-refractivity contribution is -0.0155. The van der Waals surface area contributed by atoms with Gasteiger partial charge in [0.25, 0.3) is 0 Å². The standard InChI is InChI=1S/C7H15F2N/c1-2-3-4-7(8,9)5-6-10/h2-6,10H2,1H3. The van der Waals surface area contributed by atoms with Gasteiger partial charge >= 0.3 is 0 Å². The average Bonchev–Trinajstić information content (AvgIpc) is 1.84. The lowest BCUT2D eigenvalue weighted by Gasteiger charge is -2.13. The van der Waals surface area contributed by atoms with Crippen molar-refractivity contribution in [2.75, 3.05) is 6.54 Å². The Balaban J connectivity index is 3.42. The summed E-state index contributed by atoms with van der Waals surface area (Å²) in [5, 5.41) is 0. The van der Waals surface area contributed by atoms with Crippen LogP contribution in [0, 0.1) is 0 Å². The molecular weight excluding hydrogens is 136 g/mol. The Labute approximate surface area is 60.6 Å². The zero-order valence-electron chi connectivity index (χ0n) is 6.37. The van der Waals surface area contributed by atoms with Gasteiger partial charge in [-0.3, -0.25) is 0 Å². The number of hydrogen-bond donors (Lipinski definition) is 1. The molecule has 10 heavy (non-hydrogen) atoms. The maximum atomic E-state index is 12.5. The molecule has 62 valence electrons. The maximum Gasteiger partial charge on any atom is 0.249 e. The van der Waals surface area contributed by atoms with Gasteiger partial charge in [0.1, 0.15) is 0 Å². The van der Waals surface area contributed by atoms with E-state index in [4.69, 9.17) is 5.73 Å². The molecular formula is C7H15F2N. The van der Waals surface area contributed by atoms with Crippen molar-refractivity contribution in [3.8, 4) is 0 Å². The number of unbranched alkanes of at least 4 members (excludes halogenated alkanes) is 1. The van der Waals surface area contributed by atoms with E-state index in [1.807, 2.05) is 6.92 Å². The molecule has 0 aromatic carbocycles. The summed E-state index contributed by atoms with van der Waals surface area (Å²) < 4.78 is 25.1. The molecule has 0 radical (unpaired) electrons. The van der Waals surface area contributed by atoms with Crippen LogP contribution in [0.5, 0.6) is 0 Å². The minimum absolute atomic E-state index is 0.0132. The molecule has 2 N–H and O–H groups in total. The third-order valence-electron chi connectivity index (χ3n) is 1.41. The summed E-state index contributed by atoms with van der Waals surface area (Å²) in [5.74, 6) is -2.52. The highest BCUT2D eigenvalue weighted by atomic mass is 19.3. The van der Waals surface area contributed by atoms with Crippen molar-refractivity contribution in [2.45, 2.75) is 38.5 Å². The second kappa shape index (κ2) is 4.61. The Kier molecular flexibility index (Phi) is 4.52. The highest BCUT2D eigenvalue weighted by Crippen LogP contribution is 2.24. The van der Waals surface area contributed by atoms with E-state index in [1.54, 1.807) is 0 Å². The van der Waals surface area contributed by atoms with Gasteiger partial charge < -0.3 is 5.73 Å². The first-order valence-corrected chi connectivity index (χ1v) is 3.70. The van der Waals surface area contributed by atoms with Crippen LogP contribution in [-0.4, -0.2) is 12.5 Å². The van der Waals surface area contributed by atoms with E-state index >= 15 is 0 Å². The van der Waals surface area contributed by atoms with Crippen molar-refractivity contribution in [1.29, 1.82) is 0 Å². The van der Waals surface area contributed by atoms with E-state index in [-0.39, 0.29) is 19.4 Å². The molecule has 0 unspecified atom stereocenters. The molecule has 0 rings (SSSR count). The van der Waals surface area contributed by atoms with Crippen molar-refractivity contribution in [1.82, 2.24) is 0 Å². The summed E-state index contributed by atoms with van der Waals surface area (Å²) in [6.07, 6.45) is 1.22. The molecule has 0 bridgehead atoms. The first-order valence-electron chi connectivity index (χ1n) is 3.70. The summed E-state index contributed by atoms with van der Waals surface area (Å²) in [4.78, 5) is 0.